The van der Waals surface area contributed by atoms with Crippen LogP contribution < -0.4 is 10.5 Å². The van der Waals surface area contributed by atoms with Gasteiger partial charge in [-0.05, 0) is 20.8 Å². The highest BCUT2D eigenvalue weighted by atomic mass is 32.2. The van der Waals surface area contributed by atoms with Gasteiger partial charge in [0, 0.05) is 5.54 Å². The third-order valence-corrected chi connectivity index (χ3v) is 2.71. The zero-order valence-electron chi connectivity index (χ0n) is 8.22. The van der Waals surface area contributed by atoms with E-state index < -0.39 is 15.7 Å². The lowest BCUT2D eigenvalue weighted by molar-refractivity contribution is 0.482. The molecular formula is C6H13N5O2S. The molecule has 1 aromatic rings. The highest BCUT2D eigenvalue weighted by Gasteiger charge is 2.22. The smallest absolute Gasteiger partial charge is 0.322 e. The Morgan fingerprint density at radius 1 is 1.50 bits per heavy atom. The van der Waals surface area contributed by atoms with Crippen molar-refractivity contribution in [3.63, 3.8) is 0 Å². The second-order valence-corrected chi connectivity index (χ2v) is 5.36. The highest BCUT2D eigenvalue weighted by Crippen LogP contribution is 2.03. The molecule has 0 unspecified atom stereocenters. The molecule has 0 amide bonds. The van der Waals surface area contributed by atoms with Crippen LogP contribution in [0.4, 0.5) is 5.95 Å². The summed E-state index contributed by atoms with van der Waals surface area (Å²) in [6.45, 7) is 5.18. The third-order valence-electron chi connectivity index (χ3n) is 1.17. The molecule has 0 saturated carbocycles. The number of nitrogens with one attached hydrogen (secondary N) is 1. The van der Waals surface area contributed by atoms with Crippen molar-refractivity contribution >= 4 is 16.2 Å². The van der Waals surface area contributed by atoms with Crippen LogP contribution in [0.15, 0.2) is 6.33 Å². The molecule has 8 heteroatoms. The molecule has 80 valence electrons. The van der Waals surface area contributed by atoms with Crippen molar-refractivity contribution in [1.29, 1.82) is 0 Å². The minimum atomic E-state index is -3.68. The van der Waals surface area contributed by atoms with E-state index in [-0.39, 0.29) is 5.95 Å². The summed E-state index contributed by atoms with van der Waals surface area (Å²) in [7, 11) is -3.68. The summed E-state index contributed by atoms with van der Waals surface area (Å²) in [6, 6.07) is 0. The molecule has 0 saturated heterocycles. The topological polar surface area (TPSA) is 103 Å². The Kier molecular flexibility index (Phi) is 2.50. The fourth-order valence-corrected chi connectivity index (χ4v) is 2.04. The van der Waals surface area contributed by atoms with Crippen LogP contribution in [0.2, 0.25) is 0 Å². The quantitative estimate of drug-likeness (QED) is 0.687. The first-order valence-corrected chi connectivity index (χ1v) is 5.36. The Bertz CT molecular complexity index is 416. The van der Waals surface area contributed by atoms with Gasteiger partial charge in [0.1, 0.15) is 6.33 Å². The average Bonchev–Trinajstić information content (AvgIpc) is 2.29. The van der Waals surface area contributed by atoms with Crippen molar-refractivity contribution in [1.82, 2.24) is 18.9 Å². The molecule has 0 bridgehead atoms. The van der Waals surface area contributed by atoms with Crippen LogP contribution in [0.1, 0.15) is 20.8 Å². The number of anilines is 1. The fraction of sp³-hybridized carbons (Fsp3) is 0.667. The third kappa shape index (κ3) is 2.67. The summed E-state index contributed by atoms with van der Waals surface area (Å²) in [4.78, 5) is 3.52. The van der Waals surface area contributed by atoms with Gasteiger partial charge in [0.2, 0.25) is 5.95 Å². The van der Waals surface area contributed by atoms with Crippen LogP contribution in [-0.2, 0) is 10.2 Å². The molecule has 1 heterocycles. The van der Waals surface area contributed by atoms with Gasteiger partial charge in [-0.1, -0.05) is 0 Å². The molecule has 0 radical (unpaired) electrons. The van der Waals surface area contributed by atoms with Crippen LogP contribution in [-0.4, -0.2) is 28.1 Å². The maximum atomic E-state index is 11.6. The second-order valence-electron chi connectivity index (χ2n) is 3.83. The van der Waals surface area contributed by atoms with Gasteiger partial charge in [-0.3, -0.25) is 0 Å². The predicted molar refractivity (Wildman–Crippen MR) is 51.6 cm³/mol. The Morgan fingerprint density at radius 3 is 2.43 bits per heavy atom. The molecule has 0 aliphatic rings. The highest BCUT2D eigenvalue weighted by molar-refractivity contribution is 7.87. The van der Waals surface area contributed by atoms with Crippen molar-refractivity contribution in [2.45, 2.75) is 26.3 Å². The van der Waals surface area contributed by atoms with E-state index in [4.69, 9.17) is 5.73 Å². The van der Waals surface area contributed by atoms with E-state index in [1.807, 2.05) is 0 Å². The van der Waals surface area contributed by atoms with E-state index in [0.29, 0.717) is 4.09 Å². The molecule has 1 aromatic heterocycles. The first kappa shape index (κ1) is 10.9. The van der Waals surface area contributed by atoms with Gasteiger partial charge in [-0.2, -0.15) is 18.1 Å². The van der Waals surface area contributed by atoms with Crippen LogP contribution in [0.25, 0.3) is 0 Å². The molecule has 0 aliphatic heterocycles. The lowest BCUT2D eigenvalue weighted by Gasteiger charge is -2.19. The molecule has 0 atom stereocenters. The van der Waals surface area contributed by atoms with E-state index in [1.54, 1.807) is 20.8 Å². The van der Waals surface area contributed by atoms with Crippen LogP contribution >= 0.6 is 0 Å². The van der Waals surface area contributed by atoms with E-state index in [0.717, 1.165) is 6.33 Å². The minimum Gasteiger partial charge on any atom is -0.366 e. The number of rotatable bonds is 2. The van der Waals surface area contributed by atoms with Crippen LogP contribution in [0, 0.1) is 0 Å². The average molecular weight is 219 g/mol. The van der Waals surface area contributed by atoms with Gasteiger partial charge in [0.25, 0.3) is 0 Å². The van der Waals surface area contributed by atoms with Gasteiger partial charge in [-0.15, -0.1) is 9.19 Å². The van der Waals surface area contributed by atoms with E-state index in [2.05, 4.69) is 14.8 Å². The van der Waals surface area contributed by atoms with Crippen LogP contribution in [0.3, 0.4) is 0 Å². The monoisotopic (exact) mass is 219 g/mol. The normalized spacial score (nSPS) is 13.1. The van der Waals surface area contributed by atoms with E-state index in [9.17, 15) is 8.42 Å². The first-order chi connectivity index (χ1) is 6.21. The van der Waals surface area contributed by atoms with Crippen LogP contribution in [0.5, 0.6) is 0 Å². The number of nitrogen functional groups attached to an aromatic ring is 1. The molecular weight excluding hydrogens is 206 g/mol. The van der Waals surface area contributed by atoms with Gasteiger partial charge in [0.15, 0.2) is 0 Å². The number of aromatic nitrogens is 3. The summed E-state index contributed by atoms with van der Waals surface area (Å²) in [5.74, 6) is -0.0794. The Morgan fingerprint density at radius 2 is 2.07 bits per heavy atom. The maximum Gasteiger partial charge on any atom is 0.322 e. The van der Waals surface area contributed by atoms with Gasteiger partial charge >= 0.3 is 10.2 Å². The zero-order valence-corrected chi connectivity index (χ0v) is 9.04. The van der Waals surface area contributed by atoms with Crippen molar-refractivity contribution in [3.8, 4) is 0 Å². The SMILES string of the molecule is CC(C)(C)NS(=O)(=O)n1cnc(N)n1. The molecule has 0 spiro atoms. The summed E-state index contributed by atoms with van der Waals surface area (Å²) in [5.41, 5.74) is 4.63. The zero-order chi connectivity index (χ0) is 11.0. The molecule has 7 nitrogen and oxygen atoms in total. The van der Waals surface area contributed by atoms with Gasteiger partial charge < -0.3 is 5.73 Å². The molecule has 1 rings (SSSR count). The molecule has 14 heavy (non-hydrogen) atoms. The lowest BCUT2D eigenvalue weighted by atomic mass is 10.1. The van der Waals surface area contributed by atoms with Gasteiger partial charge in [-0.25, -0.2) is 0 Å². The molecule has 0 aromatic carbocycles. The predicted octanol–water partition coefficient (Wildman–Crippen LogP) is -0.659. The van der Waals surface area contributed by atoms with Crippen molar-refractivity contribution < 1.29 is 8.42 Å². The molecule has 0 aliphatic carbocycles. The summed E-state index contributed by atoms with van der Waals surface area (Å²) in [5, 5.41) is 3.50. The van der Waals surface area contributed by atoms with E-state index in [1.165, 1.54) is 0 Å². The Balaban J connectivity index is 2.98. The number of nitrogens with two attached hydrogens (primary N) is 1. The standard InChI is InChI=1S/C6H13N5O2S/c1-6(2,3)10-14(12,13)11-4-8-5(7)9-11/h4,10H,1-3H3,(H2,7,9). The molecule has 0 fully saturated rings. The van der Waals surface area contributed by atoms with Crippen molar-refractivity contribution in [3.05, 3.63) is 6.33 Å². The number of hydrogen-bond acceptors (Lipinski definition) is 5. The second kappa shape index (κ2) is 3.21. The lowest BCUT2D eigenvalue weighted by Crippen LogP contribution is -2.43. The number of nitrogens with zero attached hydrogens (tertiary/aromatic N) is 3. The minimum absolute atomic E-state index is 0.0794. The summed E-state index contributed by atoms with van der Waals surface area (Å²) in [6.07, 6.45) is 1.05. The van der Waals surface area contributed by atoms with Gasteiger partial charge in [0.05, 0.1) is 0 Å². The Hall–Kier alpha value is -1.15. The summed E-state index contributed by atoms with van der Waals surface area (Å²) < 4.78 is 26.2. The largest absolute Gasteiger partial charge is 0.366 e. The first-order valence-electron chi connectivity index (χ1n) is 3.92. The van der Waals surface area contributed by atoms with Crippen molar-refractivity contribution in [2.75, 3.05) is 5.73 Å². The fourth-order valence-electron chi connectivity index (χ4n) is 0.811. The molecule has 3 N–H and O–H groups in total. The maximum absolute atomic E-state index is 11.6. The van der Waals surface area contributed by atoms with Crippen molar-refractivity contribution in [2.24, 2.45) is 0 Å². The number of hydrogen-bond donors (Lipinski definition) is 2. The Labute approximate surface area is 82.5 Å². The summed E-state index contributed by atoms with van der Waals surface area (Å²) >= 11 is 0. The van der Waals surface area contributed by atoms with E-state index >= 15 is 0 Å².